The summed E-state index contributed by atoms with van der Waals surface area (Å²) < 4.78 is 5.22. The quantitative estimate of drug-likeness (QED) is 0.548. The predicted octanol–water partition coefficient (Wildman–Crippen LogP) is 1.23. The van der Waals surface area contributed by atoms with E-state index in [0.29, 0.717) is 0 Å². The largest absolute Gasteiger partial charge is 0.380 e. The van der Waals surface area contributed by atoms with Crippen molar-refractivity contribution >= 4 is 5.96 Å². The maximum atomic E-state index is 5.22. The molecule has 94 valence electrons. The number of nitrogens with one attached hydrogen (secondary N) is 2. The summed E-state index contributed by atoms with van der Waals surface area (Å²) in [7, 11) is 1.81. The Balaban J connectivity index is 2.17. The van der Waals surface area contributed by atoms with E-state index in [0.717, 1.165) is 38.2 Å². The predicted molar refractivity (Wildman–Crippen MR) is 67.7 cm³/mol. The molecule has 1 saturated heterocycles. The van der Waals surface area contributed by atoms with Gasteiger partial charge in [-0.2, -0.15) is 0 Å². The molecule has 0 aliphatic carbocycles. The molecule has 2 N–H and O–H groups in total. The second kappa shape index (κ2) is 6.09. The average molecular weight is 227 g/mol. The molecular formula is C12H25N3O. The summed E-state index contributed by atoms with van der Waals surface area (Å²) in [6.07, 6.45) is 1.17. The van der Waals surface area contributed by atoms with Gasteiger partial charge in [-0.1, -0.05) is 20.8 Å². The fourth-order valence-electron chi connectivity index (χ4n) is 1.55. The first kappa shape index (κ1) is 13.3. The van der Waals surface area contributed by atoms with Gasteiger partial charge in [-0.05, 0) is 12.3 Å². The van der Waals surface area contributed by atoms with E-state index < -0.39 is 0 Å². The minimum Gasteiger partial charge on any atom is -0.380 e. The lowest BCUT2D eigenvalue weighted by molar-refractivity contribution is -0.0971. The van der Waals surface area contributed by atoms with Gasteiger partial charge < -0.3 is 15.4 Å². The minimum absolute atomic E-state index is 0.287. The van der Waals surface area contributed by atoms with Gasteiger partial charge in [0.15, 0.2) is 5.96 Å². The summed E-state index contributed by atoms with van der Waals surface area (Å²) in [6, 6.07) is 0. The van der Waals surface area contributed by atoms with E-state index in [1.165, 1.54) is 6.42 Å². The molecule has 0 spiro atoms. The fraction of sp³-hybridized carbons (Fsp3) is 0.917. The molecule has 1 rings (SSSR count). The Morgan fingerprint density at radius 2 is 2.06 bits per heavy atom. The van der Waals surface area contributed by atoms with Crippen molar-refractivity contribution in [2.45, 2.75) is 27.2 Å². The van der Waals surface area contributed by atoms with Crippen molar-refractivity contribution in [3.8, 4) is 0 Å². The standard InChI is InChI=1S/C12H25N3O/c1-10(2)5-6-14-11(13-4)15-7-12(3)8-16-9-12/h10H,5-9H2,1-4H3,(H2,13,14,15). The van der Waals surface area contributed by atoms with E-state index in [4.69, 9.17) is 4.74 Å². The second-order valence-electron chi connectivity index (χ2n) is 5.34. The first-order valence-electron chi connectivity index (χ1n) is 6.08. The number of rotatable bonds is 5. The van der Waals surface area contributed by atoms with Gasteiger partial charge in [0.1, 0.15) is 0 Å². The molecule has 1 aliphatic heterocycles. The van der Waals surface area contributed by atoms with Crippen LogP contribution in [-0.2, 0) is 4.74 Å². The molecule has 0 atom stereocenters. The maximum absolute atomic E-state index is 5.22. The topological polar surface area (TPSA) is 45.7 Å². The van der Waals surface area contributed by atoms with Crippen LogP contribution in [0.25, 0.3) is 0 Å². The highest BCUT2D eigenvalue weighted by Gasteiger charge is 2.33. The SMILES string of the molecule is CN=C(NCCC(C)C)NCC1(C)COC1. The van der Waals surface area contributed by atoms with Crippen molar-refractivity contribution in [3.05, 3.63) is 0 Å². The normalized spacial score (nSPS) is 19.4. The Bertz CT molecular complexity index is 234. The lowest BCUT2D eigenvalue weighted by atomic mass is 9.89. The van der Waals surface area contributed by atoms with E-state index in [-0.39, 0.29) is 5.41 Å². The van der Waals surface area contributed by atoms with Crippen LogP contribution in [-0.4, -0.2) is 39.3 Å². The van der Waals surface area contributed by atoms with Gasteiger partial charge in [0.2, 0.25) is 0 Å². The van der Waals surface area contributed by atoms with Crippen LogP contribution in [0.4, 0.5) is 0 Å². The van der Waals surface area contributed by atoms with Crippen molar-refractivity contribution in [3.63, 3.8) is 0 Å². The average Bonchev–Trinajstić information content (AvgIpc) is 2.20. The van der Waals surface area contributed by atoms with Crippen molar-refractivity contribution in [2.24, 2.45) is 16.3 Å². The molecule has 0 aromatic heterocycles. The van der Waals surface area contributed by atoms with Crippen LogP contribution >= 0.6 is 0 Å². The molecule has 16 heavy (non-hydrogen) atoms. The number of aliphatic imine (C=N–C) groups is 1. The highest BCUT2D eigenvalue weighted by atomic mass is 16.5. The van der Waals surface area contributed by atoms with Gasteiger partial charge in [-0.15, -0.1) is 0 Å². The Labute approximate surface area is 98.9 Å². The molecule has 4 nitrogen and oxygen atoms in total. The summed E-state index contributed by atoms with van der Waals surface area (Å²) in [5, 5.41) is 6.66. The molecule has 0 radical (unpaired) electrons. The molecule has 4 heteroatoms. The zero-order chi connectivity index (χ0) is 12.0. The highest BCUT2D eigenvalue weighted by molar-refractivity contribution is 5.79. The Hall–Kier alpha value is -0.770. The van der Waals surface area contributed by atoms with Crippen molar-refractivity contribution in [1.82, 2.24) is 10.6 Å². The number of ether oxygens (including phenoxy) is 1. The number of hydrogen-bond acceptors (Lipinski definition) is 2. The van der Waals surface area contributed by atoms with Crippen molar-refractivity contribution < 1.29 is 4.74 Å². The van der Waals surface area contributed by atoms with Gasteiger partial charge in [0.25, 0.3) is 0 Å². The fourth-order valence-corrected chi connectivity index (χ4v) is 1.55. The summed E-state index contributed by atoms with van der Waals surface area (Å²) in [5.74, 6) is 1.62. The lowest BCUT2D eigenvalue weighted by Crippen LogP contribution is -2.51. The third-order valence-corrected chi connectivity index (χ3v) is 2.82. The van der Waals surface area contributed by atoms with Crippen LogP contribution in [0.2, 0.25) is 0 Å². The van der Waals surface area contributed by atoms with E-state index in [1.54, 1.807) is 0 Å². The maximum Gasteiger partial charge on any atom is 0.190 e. The summed E-state index contributed by atoms with van der Waals surface area (Å²) in [5.41, 5.74) is 0.287. The van der Waals surface area contributed by atoms with Gasteiger partial charge in [-0.25, -0.2) is 0 Å². The summed E-state index contributed by atoms with van der Waals surface area (Å²) in [4.78, 5) is 4.20. The Kier molecular flexibility index (Phi) is 5.06. The van der Waals surface area contributed by atoms with E-state index >= 15 is 0 Å². The van der Waals surface area contributed by atoms with Crippen LogP contribution in [0, 0.1) is 11.3 Å². The highest BCUT2D eigenvalue weighted by Crippen LogP contribution is 2.24. The van der Waals surface area contributed by atoms with Gasteiger partial charge in [-0.3, -0.25) is 4.99 Å². The van der Waals surface area contributed by atoms with E-state index in [2.05, 4.69) is 36.4 Å². The first-order chi connectivity index (χ1) is 7.56. The number of hydrogen-bond donors (Lipinski definition) is 2. The summed E-state index contributed by atoms with van der Waals surface area (Å²) in [6.45, 7) is 10.3. The van der Waals surface area contributed by atoms with Crippen LogP contribution in [0.3, 0.4) is 0 Å². The van der Waals surface area contributed by atoms with Gasteiger partial charge >= 0.3 is 0 Å². The molecule has 0 unspecified atom stereocenters. The van der Waals surface area contributed by atoms with Crippen molar-refractivity contribution in [2.75, 3.05) is 33.4 Å². The molecule has 1 aliphatic rings. The molecule has 0 saturated carbocycles. The summed E-state index contributed by atoms with van der Waals surface area (Å²) >= 11 is 0. The van der Waals surface area contributed by atoms with E-state index in [9.17, 15) is 0 Å². The van der Waals surface area contributed by atoms with Crippen LogP contribution in [0.1, 0.15) is 27.2 Å². The molecule has 1 fully saturated rings. The molecule has 0 amide bonds. The van der Waals surface area contributed by atoms with Gasteiger partial charge in [0.05, 0.1) is 13.2 Å². The zero-order valence-electron chi connectivity index (χ0n) is 11.0. The van der Waals surface area contributed by atoms with E-state index in [1.807, 2.05) is 7.05 Å². The van der Waals surface area contributed by atoms with Crippen LogP contribution in [0.5, 0.6) is 0 Å². The Morgan fingerprint density at radius 3 is 2.50 bits per heavy atom. The van der Waals surface area contributed by atoms with Crippen LogP contribution in [0.15, 0.2) is 4.99 Å². The smallest absolute Gasteiger partial charge is 0.190 e. The molecule has 0 bridgehead atoms. The Morgan fingerprint density at radius 1 is 1.38 bits per heavy atom. The third-order valence-electron chi connectivity index (χ3n) is 2.82. The van der Waals surface area contributed by atoms with Crippen LogP contribution < -0.4 is 10.6 Å². The lowest BCUT2D eigenvalue weighted by Gasteiger charge is -2.38. The second-order valence-corrected chi connectivity index (χ2v) is 5.34. The zero-order valence-corrected chi connectivity index (χ0v) is 11.0. The monoisotopic (exact) mass is 227 g/mol. The molecule has 1 heterocycles. The molecule has 0 aromatic carbocycles. The molecular weight excluding hydrogens is 202 g/mol. The van der Waals surface area contributed by atoms with Crippen molar-refractivity contribution in [1.29, 1.82) is 0 Å². The third kappa shape index (κ3) is 4.39. The first-order valence-corrected chi connectivity index (χ1v) is 6.08. The minimum atomic E-state index is 0.287. The molecule has 0 aromatic rings. The van der Waals surface area contributed by atoms with Gasteiger partial charge in [0, 0.05) is 25.6 Å². The number of nitrogens with zero attached hydrogens (tertiary/aromatic N) is 1. The number of guanidine groups is 1.